The first-order chi connectivity index (χ1) is 17.4. The zero-order valence-electron chi connectivity index (χ0n) is 20.5. The first-order valence-electron chi connectivity index (χ1n) is 12.0. The van der Waals surface area contributed by atoms with Crippen molar-refractivity contribution >= 4 is 5.91 Å². The van der Waals surface area contributed by atoms with E-state index in [4.69, 9.17) is 0 Å². The zero-order chi connectivity index (χ0) is 25.5. The van der Waals surface area contributed by atoms with Crippen LogP contribution in [0.25, 0.3) is 11.4 Å². The van der Waals surface area contributed by atoms with Crippen molar-refractivity contribution in [2.24, 2.45) is 7.05 Å². The van der Waals surface area contributed by atoms with Gasteiger partial charge >= 0.3 is 0 Å². The van der Waals surface area contributed by atoms with Crippen molar-refractivity contribution in [3.05, 3.63) is 113 Å². The normalized spacial score (nSPS) is 11.9. The van der Waals surface area contributed by atoms with E-state index in [0.29, 0.717) is 37.1 Å². The van der Waals surface area contributed by atoms with Crippen LogP contribution in [0.15, 0.2) is 79.1 Å². The summed E-state index contributed by atoms with van der Waals surface area (Å²) in [5, 5.41) is 6.47. The van der Waals surface area contributed by atoms with Gasteiger partial charge in [0.2, 0.25) is 0 Å². The molecule has 1 heterocycles. The highest BCUT2D eigenvalue weighted by atomic mass is 19.1. The Balaban J connectivity index is 1.45. The number of rotatable bonds is 10. The topological polar surface area (TPSA) is 58.9 Å². The number of aromatic nitrogens is 2. The number of imidazole rings is 1. The van der Waals surface area contributed by atoms with Gasteiger partial charge in [-0.1, -0.05) is 42.0 Å². The fourth-order valence-electron chi connectivity index (χ4n) is 4.28. The molecule has 7 heteroatoms. The van der Waals surface area contributed by atoms with Gasteiger partial charge < -0.3 is 15.2 Å². The maximum atomic E-state index is 13.8. The number of hydrogen-bond donors (Lipinski definition) is 2. The largest absolute Gasteiger partial charge is 0.349 e. The summed E-state index contributed by atoms with van der Waals surface area (Å²) in [7, 11) is 1.90. The molecule has 1 atom stereocenters. The molecule has 4 rings (SSSR count). The summed E-state index contributed by atoms with van der Waals surface area (Å²) < 4.78 is 29.5. The molecule has 0 spiro atoms. The van der Waals surface area contributed by atoms with E-state index in [0.717, 1.165) is 17.5 Å². The zero-order valence-corrected chi connectivity index (χ0v) is 20.5. The quantitative estimate of drug-likeness (QED) is 0.302. The predicted octanol–water partition coefficient (Wildman–Crippen LogP) is 5.19. The van der Waals surface area contributed by atoms with Crippen molar-refractivity contribution < 1.29 is 13.6 Å². The summed E-state index contributed by atoms with van der Waals surface area (Å²) in [5.74, 6) is -0.741. The smallest absolute Gasteiger partial charge is 0.251 e. The van der Waals surface area contributed by atoms with Crippen molar-refractivity contribution in [3.63, 3.8) is 0 Å². The van der Waals surface area contributed by atoms with Crippen molar-refractivity contribution in [2.75, 3.05) is 6.54 Å². The van der Waals surface area contributed by atoms with Crippen LogP contribution in [0.3, 0.4) is 0 Å². The second kappa shape index (κ2) is 11.7. The van der Waals surface area contributed by atoms with Crippen LogP contribution in [-0.2, 0) is 20.0 Å². The SMILES string of the molecule is Cc1cccc(CNCC[C@H](Cc2cc(F)cc(F)c2)NC(=O)c2cccc(-c3nccn3C)c2)c1. The number of halogens is 2. The van der Waals surface area contributed by atoms with E-state index in [1.165, 1.54) is 23.3 Å². The van der Waals surface area contributed by atoms with Crippen LogP contribution in [0.2, 0.25) is 0 Å². The number of benzene rings is 3. The number of nitrogens with one attached hydrogen (secondary N) is 2. The Morgan fingerprint density at radius 3 is 2.50 bits per heavy atom. The number of carbonyl (C=O) groups is 1. The standard InChI is InChI=1S/C29H30F2N4O/c1-20-5-3-6-21(13-20)19-32-10-9-27(16-22-14-25(30)18-26(31)15-22)34-29(36)24-8-4-7-23(17-24)28-33-11-12-35(28)2/h3-8,11-15,17-18,27,32H,9-10,16,19H2,1-2H3,(H,34,36)/t27-/m1/s1. The minimum absolute atomic E-state index is 0.244. The lowest BCUT2D eigenvalue weighted by atomic mass is 10.0. The van der Waals surface area contributed by atoms with Crippen molar-refractivity contribution in [2.45, 2.75) is 32.4 Å². The third kappa shape index (κ3) is 6.86. The molecule has 186 valence electrons. The maximum absolute atomic E-state index is 13.8. The van der Waals surface area contributed by atoms with Crippen LogP contribution >= 0.6 is 0 Å². The van der Waals surface area contributed by atoms with E-state index in [1.807, 2.05) is 36.0 Å². The summed E-state index contributed by atoms with van der Waals surface area (Å²) in [4.78, 5) is 17.5. The van der Waals surface area contributed by atoms with Crippen LogP contribution in [0.5, 0.6) is 0 Å². The second-order valence-corrected chi connectivity index (χ2v) is 9.05. The lowest BCUT2D eigenvalue weighted by Crippen LogP contribution is -2.38. The first-order valence-corrected chi connectivity index (χ1v) is 12.0. The van der Waals surface area contributed by atoms with Crippen LogP contribution < -0.4 is 10.6 Å². The fraction of sp³-hybridized carbons (Fsp3) is 0.241. The van der Waals surface area contributed by atoms with E-state index < -0.39 is 11.6 Å². The third-order valence-corrected chi connectivity index (χ3v) is 6.02. The van der Waals surface area contributed by atoms with Crippen molar-refractivity contribution in [1.82, 2.24) is 20.2 Å². The third-order valence-electron chi connectivity index (χ3n) is 6.02. The molecular formula is C29H30F2N4O. The molecule has 0 aliphatic heterocycles. The van der Waals surface area contributed by atoms with Crippen molar-refractivity contribution in [1.29, 1.82) is 0 Å². The van der Waals surface area contributed by atoms with Gasteiger partial charge in [-0.05, 0) is 61.7 Å². The Morgan fingerprint density at radius 1 is 1.00 bits per heavy atom. The highest BCUT2D eigenvalue weighted by molar-refractivity contribution is 5.95. The lowest BCUT2D eigenvalue weighted by Gasteiger charge is -2.20. The van der Waals surface area contributed by atoms with Gasteiger partial charge in [0.05, 0.1) is 0 Å². The predicted molar refractivity (Wildman–Crippen MR) is 137 cm³/mol. The molecule has 0 aliphatic rings. The summed E-state index contributed by atoms with van der Waals surface area (Å²) in [6, 6.07) is 18.7. The molecule has 36 heavy (non-hydrogen) atoms. The highest BCUT2D eigenvalue weighted by Gasteiger charge is 2.17. The van der Waals surface area contributed by atoms with Crippen LogP contribution in [-0.4, -0.2) is 28.0 Å². The number of amides is 1. The molecule has 4 aromatic rings. The number of nitrogens with zero attached hydrogens (tertiary/aromatic N) is 2. The van der Waals surface area contributed by atoms with Gasteiger partial charge in [0.1, 0.15) is 17.5 Å². The summed E-state index contributed by atoms with van der Waals surface area (Å²) in [6.07, 6.45) is 4.46. The highest BCUT2D eigenvalue weighted by Crippen LogP contribution is 2.19. The number of hydrogen-bond acceptors (Lipinski definition) is 3. The molecule has 0 bridgehead atoms. The first kappa shape index (κ1) is 25.3. The van der Waals surface area contributed by atoms with E-state index in [-0.39, 0.29) is 11.9 Å². The number of aryl methyl sites for hydroxylation is 2. The Bertz CT molecular complexity index is 1310. The van der Waals surface area contributed by atoms with Crippen LogP contribution in [0.1, 0.15) is 33.5 Å². The van der Waals surface area contributed by atoms with E-state index in [9.17, 15) is 13.6 Å². The molecule has 0 unspecified atom stereocenters. The minimum Gasteiger partial charge on any atom is -0.349 e. The van der Waals surface area contributed by atoms with E-state index >= 15 is 0 Å². The number of carbonyl (C=O) groups excluding carboxylic acids is 1. The fourth-order valence-corrected chi connectivity index (χ4v) is 4.28. The summed E-state index contributed by atoms with van der Waals surface area (Å²) in [6.45, 7) is 3.38. The lowest BCUT2D eigenvalue weighted by molar-refractivity contribution is 0.0935. The molecule has 0 radical (unpaired) electrons. The Morgan fingerprint density at radius 2 is 1.78 bits per heavy atom. The van der Waals surface area contributed by atoms with Gasteiger partial charge in [0, 0.05) is 49.2 Å². The Kier molecular flexibility index (Phi) is 8.23. The average Bonchev–Trinajstić information content (AvgIpc) is 3.27. The van der Waals surface area contributed by atoms with Crippen LogP contribution in [0, 0.1) is 18.6 Å². The molecule has 0 saturated carbocycles. The monoisotopic (exact) mass is 488 g/mol. The molecule has 0 saturated heterocycles. The summed E-state index contributed by atoms with van der Waals surface area (Å²) in [5.41, 5.74) is 4.20. The molecule has 1 aromatic heterocycles. The van der Waals surface area contributed by atoms with E-state index in [2.05, 4.69) is 40.7 Å². The molecule has 5 nitrogen and oxygen atoms in total. The van der Waals surface area contributed by atoms with E-state index in [1.54, 1.807) is 18.3 Å². The van der Waals surface area contributed by atoms with Gasteiger partial charge in [-0.3, -0.25) is 4.79 Å². The van der Waals surface area contributed by atoms with Gasteiger partial charge in [-0.15, -0.1) is 0 Å². The molecule has 1 amide bonds. The molecule has 3 aromatic carbocycles. The molecule has 0 fully saturated rings. The summed E-state index contributed by atoms with van der Waals surface area (Å²) >= 11 is 0. The maximum Gasteiger partial charge on any atom is 0.251 e. The second-order valence-electron chi connectivity index (χ2n) is 9.05. The molecule has 0 aliphatic carbocycles. The van der Waals surface area contributed by atoms with Gasteiger partial charge in [0.25, 0.3) is 5.91 Å². The van der Waals surface area contributed by atoms with Gasteiger partial charge in [-0.2, -0.15) is 0 Å². The van der Waals surface area contributed by atoms with Crippen LogP contribution in [0.4, 0.5) is 8.78 Å². The van der Waals surface area contributed by atoms with Gasteiger partial charge in [-0.25, -0.2) is 13.8 Å². The van der Waals surface area contributed by atoms with Crippen molar-refractivity contribution in [3.8, 4) is 11.4 Å². The molecule has 2 N–H and O–H groups in total. The minimum atomic E-state index is -0.629. The Labute approximate surface area is 210 Å². The average molecular weight is 489 g/mol. The Hall–Kier alpha value is -3.84. The van der Waals surface area contributed by atoms with Gasteiger partial charge in [0.15, 0.2) is 0 Å². The molecular weight excluding hydrogens is 458 g/mol.